The largest absolute Gasteiger partial charge is 0.462 e. The molecule has 4 nitrogen and oxygen atoms in total. The third-order valence-electron chi connectivity index (χ3n) is 3.29. The number of carbonyl (C=O) groups is 1. The Kier molecular flexibility index (Phi) is 3.76. The molecule has 0 bridgehead atoms. The molecule has 2 rings (SSSR count). The summed E-state index contributed by atoms with van der Waals surface area (Å²) >= 11 is 0. The van der Waals surface area contributed by atoms with E-state index >= 15 is 0 Å². The van der Waals surface area contributed by atoms with Crippen LogP contribution in [-0.2, 0) is 4.74 Å². The smallest absolute Gasteiger partial charge is 0.338 e. The molecule has 92 valence electrons. The van der Waals surface area contributed by atoms with E-state index in [1.807, 2.05) is 6.07 Å². The van der Waals surface area contributed by atoms with Gasteiger partial charge in [-0.1, -0.05) is 18.2 Å². The summed E-state index contributed by atoms with van der Waals surface area (Å²) in [7, 11) is 0. The first-order chi connectivity index (χ1) is 8.22. The quantitative estimate of drug-likeness (QED) is 0.760. The van der Waals surface area contributed by atoms with E-state index in [1.54, 1.807) is 24.3 Å². The monoisotopic (exact) mass is 236 g/mol. The second kappa shape index (κ2) is 5.29. The predicted octanol–water partition coefficient (Wildman–Crippen LogP) is 0.833. The Morgan fingerprint density at radius 1 is 1.35 bits per heavy atom. The van der Waals surface area contributed by atoms with Gasteiger partial charge < -0.3 is 14.9 Å². The molecule has 1 aromatic carbocycles. The fourth-order valence-electron chi connectivity index (χ4n) is 2.08. The van der Waals surface area contributed by atoms with Crippen molar-refractivity contribution in [1.82, 2.24) is 0 Å². The van der Waals surface area contributed by atoms with Crippen LogP contribution in [0.5, 0.6) is 0 Å². The summed E-state index contributed by atoms with van der Waals surface area (Å²) < 4.78 is 5.15. The lowest BCUT2D eigenvalue weighted by atomic mass is 9.72. The molecule has 0 aromatic heterocycles. The average molecular weight is 236 g/mol. The highest BCUT2D eigenvalue weighted by molar-refractivity contribution is 5.89. The zero-order chi connectivity index (χ0) is 12.3. The molecule has 0 heterocycles. The average Bonchev–Trinajstić information content (AvgIpc) is 2.35. The molecule has 0 saturated heterocycles. The number of esters is 1. The van der Waals surface area contributed by atoms with E-state index in [9.17, 15) is 9.90 Å². The number of benzene rings is 1. The Morgan fingerprint density at radius 2 is 2.06 bits per heavy atom. The molecule has 0 aliphatic heterocycles. The Bertz CT molecular complexity index is 376. The molecule has 0 unspecified atom stereocenters. The van der Waals surface area contributed by atoms with Crippen molar-refractivity contribution in [3.63, 3.8) is 0 Å². The molecule has 0 spiro atoms. The topological polar surface area (TPSA) is 66.8 Å². The molecule has 1 aliphatic carbocycles. The van der Waals surface area contributed by atoms with Crippen LogP contribution in [-0.4, -0.2) is 35.5 Å². The van der Waals surface area contributed by atoms with Crippen molar-refractivity contribution in [2.45, 2.75) is 12.5 Å². The second-order valence-corrected chi connectivity index (χ2v) is 4.37. The molecular formula is C13H16O4. The maximum atomic E-state index is 11.6. The van der Waals surface area contributed by atoms with E-state index in [4.69, 9.17) is 9.84 Å². The molecule has 1 aliphatic rings. The van der Waals surface area contributed by atoms with Gasteiger partial charge in [-0.25, -0.2) is 4.79 Å². The lowest BCUT2D eigenvalue weighted by Crippen LogP contribution is -2.45. The van der Waals surface area contributed by atoms with Gasteiger partial charge in [0, 0.05) is 18.4 Å². The van der Waals surface area contributed by atoms with Crippen LogP contribution in [0.1, 0.15) is 16.8 Å². The van der Waals surface area contributed by atoms with Crippen LogP contribution < -0.4 is 0 Å². The van der Waals surface area contributed by atoms with Crippen molar-refractivity contribution in [3.8, 4) is 0 Å². The van der Waals surface area contributed by atoms with E-state index in [1.165, 1.54) is 0 Å². The molecular weight excluding hydrogens is 220 g/mol. The standard InChI is InChI=1S/C13H16O4/c14-7-11-10(6-12(11)15)8-17-13(16)9-4-2-1-3-5-9/h1-5,10-12,14-15H,6-8H2/t10-,11-,12+/m1/s1. The van der Waals surface area contributed by atoms with Crippen molar-refractivity contribution in [3.05, 3.63) is 35.9 Å². The van der Waals surface area contributed by atoms with Gasteiger partial charge in [-0.05, 0) is 18.6 Å². The third kappa shape index (κ3) is 2.65. The van der Waals surface area contributed by atoms with Gasteiger partial charge in [-0.15, -0.1) is 0 Å². The number of ether oxygens (including phenoxy) is 1. The second-order valence-electron chi connectivity index (χ2n) is 4.37. The fourth-order valence-corrected chi connectivity index (χ4v) is 2.08. The van der Waals surface area contributed by atoms with Gasteiger partial charge in [0.15, 0.2) is 0 Å². The molecule has 0 radical (unpaired) electrons. The first kappa shape index (κ1) is 12.1. The van der Waals surface area contributed by atoms with Gasteiger partial charge in [0.1, 0.15) is 0 Å². The van der Waals surface area contributed by atoms with Crippen LogP contribution in [0.3, 0.4) is 0 Å². The maximum absolute atomic E-state index is 11.6. The maximum Gasteiger partial charge on any atom is 0.338 e. The van der Waals surface area contributed by atoms with Gasteiger partial charge in [0.25, 0.3) is 0 Å². The van der Waals surface area contributed by atoms with Crippen LogP contribution in [0.15, 0.2) is 30.3 Å². The van der Waals surface area contributed by atoms with Crippen LogP contribution in [0, 0.1) is 11.8 Å². The molecule has 1 aromatic rings. The first-order valence-electron chi connectivity index (χ1n) is 5.73. The number of hydrogen-bond acceptors (Lipinski definition) is 4. The van der Waals surface area contributed by atoms with E-state index in [0.717, 1.165) is 0 Å². The molecule has 3 atom stereocenters. The van der Waals surface area contributed by atoms with Crippen LogP contribution in [0.25, 0.3) is 0 Å². The fraction of sp³-hybridized carbons (Fsp3) is 0.462. The zero-order valence-corrected chi connectivity index (χ0v) is 9.45. The summed E-state index contributed by atoms with van der Waals surface area (Å²) in [6, 6.07) is 8.78. The van der Waals surface area contributed by atoms with Crippen LogP contribution in [0.2, 0.25) is 0 Å². The van der Waals surface area contributed by atoms with Gasteiger partial charge in [0.2, 0.25) is 0 Å². The lowest BCUT2D eigenvalue weighted by molar-refractivity contribution is -0.0814. The summed E-state index contributed by atoms with van der Waals surface area (Å²) in [5.41, 5.74) is 0.521. The molecule has 0 amide bonds. The van der Waals surface area contributed by atoms with E-state index in [0.29, 0.717) is 12.0 Å². The van der Waals surface area contributed by atoms with Crippen molar-refractivity contribution >= 4 is 5.97 Å². The summed E-state index contributed by atoms with van der Waals surface area (Å²) in [6.45, 7) is 0.199. The Labute approximate surface area is 99.8 Å². The Morgan fingerprint density at radius 3 is 2.65 bits per heavy atom. The van der Waals surface area contributed by atoms with Crippen molar-refractivity contribution in [2.75, 3.05) is 13.2 Å². The van der Waals surface area contributed by atoms with Gasteiger partial charge >= 0.3 is 5.97 Å². The normalized spacial score (nSPS) is 27.3. The SMILES string of the molecule is O=C(OC[C@H]1C[C@H](O)[C@@H]1CO)c1ccccc1. The molecule has 2 N–H and O–H groups in total. The highest BCUT2D eigenvalue weighted by atomic mass is 16.5. The minimum Gasteiger partial charge on any atom is -0.462 e. The van der Waals surface area contributed by atoms with Crippen LogP contribution >= 0.6 is 0 Å². The Balaban J connectivity index is 1.81. The van der Waals surface area contributed by atoms with E-state index in [-0.39, 0.29) is 31.0 Å². The minimum atomic E-state index is -0.458. The first-order valence-corrected chi connectivity index (χ1v) is 5.73. The third-order valence-corrected chi connectivity index (χ3v) is 3.29. The molecule has 1 saturated carbocycles. The number of hydrogen-bond donors (Lipinski definition) is 2. The summed E-state index contributed by atoms with van der Waals surface area (Å²) in [6.07, 6.45) is 0.133. The summed E-state index contributed by atoms with van der Waals surface area (Å²) in [5, 5.41) is 18.4. The van der Waals surface area contributed by atoms with Crippen molar-refractivity contribution in [1.29, 1.82) is 0 Å². The molecule has 17 heavy (non-hydrogen) atoms. The number of carbonyl (C=O) groups excluding carboxylic acids is 1. The summed E-state index contributed by atoms with van der Waals surface area (Å²) in [5.74, 6) is -0.440. The summed E-state index contributed by atoms with van der Waals surface area (Å²) in [4.78, 5) is 11.6. The predicted molar refractivity (Wildman–Crippen MR) is 61.4 cm³/mol. The lowest BCUT2D eigenvalue weighted by Gasteiger charge is -2.39. The van der Waals surface area contributed by atoms with Crippen LogP contribution in [0.4, 0.5) is 0 Å². The number of aliphatic hydroxyl groups excluding tert-OH is 2. The minimum absolute atomic E-state index is 0.0608. The number of rotatable bonds is 4. The number of aliphatic hydroxyl groups is 2. The van der Waals surface area contributed by atoms with Crippen molar-refractivity contribution in [2.24, 2.45) is 11.8 Å². The Hall–Kier alpha value is -1.39. The van der Waals surface area contributed by atoms with Gasteiger partial charge in [0.05, 0.1) is 18.3 Å². The van der Waals surface area contributed by atoms with E-state index in [2.05, 4.69) is 0 Å². The van der Waals surface area contributed by atoms with Gasteiger partial charge in [-0.2, -0.15) is 0 Å². The highest BCUT2D eigenvalue weighted by Gasteiger charge is 2.39. The van der Waals surface area contributed by atoms with Gasteiger partial charge in [-0.3, -0.25) is 0 Å². The molecule has 1 fully saturated rings. The highest BCUT2D eigenvalue weighted by Crippen LogP contribution is 2.34. The van der Waals surface area contributed by atoms with E-state index < -0.39 is 6.10 Å². The molecule has 4 heteroatoms. The van der Waals surface area contributed by atoms with Crippen molar-refractivity contribution < 1.29 is 19.7 Å². The zero-order valence-electron chi connectivity index (χ0n) is 9.45.